The highest BCUT2D eigenvalue weighted by atomic mass is 35.5. The number of anilines is 1. The van der Waals surface area contributed by atoms with Gasteiger partial charge in [-0.2, -0.15) is 0 Å². The summed E-state index contributed by atoms with van der Waals surface area (Å²) >= 11 is 6.03. The number of aliphatic imine (C=N–C) groups is 1. The quantitative estimate of drug-likeness (QED) is 0.851. The molecule has 1 unspecified atom stereocenters. The second kappa shape index (κ2) is 4.63. The van der Waals surface area contributed by atoms with Crippen molar-refractivity contribution < 1.29 is 8.42 Å². The number of guanidine groups is 1. The maximum atomic E-state index is 12.0. The zero-order chi connectivity index (χ0) is 14.4. The Bertz CT molecular complexity index is 674. The number of hydrogen-bond acceptors (Lipinski definition) is 5. The van der Waals surface area contributed by atoms with E-state index in [9.17, 15) is 8.42 Å². The molecule has 1 saturated heterocycles. The van der Waals surface area contributed by atoms with Gasteiger partial charge < -0.3 is 10.6 Å². The first-order chi connectivity index (χ1) is 9.42. The minimum absolute atomic E-state index is 0.0940. The molecule has 0 saturated carbocycles. The Morgan fingerprint density at radius 3 is 2.90 bits per heavy atom. The van der Waals surface area contributed by atoms with E-state index in [1.54, 1.807) is 12.1 Å². The van der Waals surface area contributed by atoms with Crippen molar-refractivity contribution in [3.63, 3.8) is 0 Å². The van der Waals surface area contributed by atoms with Crippen LogP contribution in [0.1, 0.15) is 12.8 Å². The number of sulfone groups is 1. The molecule has 0 amide bonds. The van der Waals surface area contributed by atoms with Crippen molar-refractivity contribution in [1.82, 2.24) is 0 Å². The smallest absolute Gasteiger partial charge is 0.196 e. The van der Waals surface area contributed by atoms with Crippen LogP contribution in [-0.4, -0.2) is 38.0 Å². The number of benzene rings is 1. The highest BCUT2D eigenvalue weighted by Gasteiger charge is 2.48. The van der Waals surface area contributed by atoms with E-state index in [4.69, 9.17) is 17.3 Å². The Labute approximate surface area is 123 Å². The van der Waals surface area contributed by atoms with E-state index in [1.165, 1.54) is 0 Å². The Morgan fingerprint density at radius 2 is 2.20 bits per heavy atom. The van der Waals surface area contributed by atoms with E-state index in [1.807, 2.05) is 17.0 Å². The molecular formula is C13H16ClN3O2S. The minimum Gasteiger partial charge on any atom is -0.369 e. The molecular weight excluding hydrogens is 298 g/mol. The highest BCUT2D eigenvalue weighted by Crippen LogP contribution is 2.37. The van der Waals surface area contributed by atoms with Gasteiger partial charge >= 0.3 is 0 Å². The van der Waals surface area contributed by atoms with E-state index in [-0.39, 0.29) is 11.5 Å². The summed E-state index contributed by atoms with van der Waals surface area (Å²) in [6, 6.07) is 7.27. The van der Waals surface area contributed by atoms with Gasteiger partial charge in [0.1, 0.15) is 0 Å². The third-order valence-corrected chi connectivity index (χ3v) is 6.01. The van der Waals surface area contributed by atoms with Gasteiger partial charge in [-0.3, -0.25) is 4.99 Å². The summed E-state index contributed by atoms with van der Waals surface area (Å²) < 4.78 is 24.0. The van der Waals surface area contributed by atoms with E-state index in [2.05, 4.69) is 4.99 Å². The van der Waals surface area contributed by atoms with E-state index in [0.717, 1.165) is 12.1 Å². The molecule has 0 aliphatic carbocycles. The Kier molecular flexibility index (Phi) is 3.17. The molecule has 1 spiro atoms. The van der Waals surface area contributed by atoms with Crippen LogP contribution in [0.15, 0.2) is 29.3 Å². The van der Waals surface area contributed by atoms with E-state index in [0.29, 0.717) is 23.9 Å². The zero-order valence-electron chi connectivity index (χ0n) is 10.9. The van der Waals surface area contributed by atoms with Crippen molar-refractivity contribution in [2.45, 2.75) is 18.4 Å². The summed E-state index contributed by atoms with van der Waals surface area (Å²) in [6.07, 6.45) is 1.41. The van der Waals surface area contributed by atoms with Gasteiger partial charge in [0.25, 0.3) is 0 Å². The molecule has 2 N–H and O–H groups in total. The Hall–Kier alpha value is -1.27. The third kappa shape index (κ3) is 2.27. The molecule has 7 heteroatoms. The van der Waals surface area contributed by atoms with Gasteiger partial charge in [0.05, 0.1) is 23.6 Å². The molecule has 3 rings (SSSR count). The average molecular weight is 314 g/mol. The summed E-state index contributed by atoms with van der Waals surface area (Å²) in [5.41, 5.74) is 6.24. The van der Waals surface area contributed by atoms with Gasteiger partial charge in [-0.25, -0.2) is 8.42 Å². The molecule has 2 aliphatic rings. The molecule has 0 aromatic heterocycles. The van der Waals surface area contributed by atoms with E-state index < -0.39 is 15.4 Å². The van der Waals surface area contributed by atoms with Gasteiger partial charge in [-0.05, 0) is 31.0 Å². The van der Waals surface area contributed by atoms with Crippen LogP contribution in [0.5, 0.6) is 0 Å². The zero-order valence-corrected chi connectivity index (χ0v) is 12.5. The van der Waals surface area contributed by atoms with Crippen molar-refractivity contribution in [1.29, 1.82) is 0 Å². The molecule has 2 aliphatic heterocycles. The summed E-state index contributed by atoms with van der Waals surface area (Å²) in [5, 5.41) is 0.594. The first-order valence-electron chi connectivity index (χ1n) is 6.48. The minimum atomic E-state index is -3.05. The molecule has 2 heterocycles. The number of nitrogens with zero attached hydrogens (tertiary/aromatic N) is 2. The van der Waals surface area contributed by atoms with Crippen LogP contribution in [0.3, 0.4) is 0 Å². The lowest BCUT2D eigenvalue weighted by Crippen LogP contribution is -2.58. The molecule has 0 bridgehead atoms. The normalized spacial score (nSPS) is 28.6. The molecule has 5 nitrogen and oxygen atoms in total. The second-order valence-electron chi connectivity index (χ2n) is 5.41. The van der Waals surface area contributed by atoms with Crippen LogP contribution >= 0.6 is 11.6 Å². The lowest BCUT2D eigenvalue weighted by Gasteiger charge is -2.41. The molecule has 20 heavy (non-hydrogen) atoms. The van der Waals surface area contributed by atoms with Crippen LogP contribution in [-0.2, 0) is 9.84 Å². The average Bonchev–Trinajstić information content (AvgIpc) is 2.64. The topological polar surface area (TPSA) is 75.8 Å². The summed E-state index contributed by atoms with van der Waals surface area (Å²) in [6.45, 7) is 0.421. The van der Waals surface area contributed by atoms with Crippen LogP contribution in [0, 0.1) is 0 Å². The van der Waals surface area contributed by atoms with Crippen molar-refractivity contribution in [2.24, 2.45) is 10.7 Å². The molecule has 1 aromatic carbocycles. The predicted molar refractivity (Wildman–Crippen MR) is 81.0 cm³/mol. The lowest BCUT2D eigenvalue weighted by atomic mass is 9.94. The SMILES string of the molecule is NC1=NCC2(CCCS(=O)(=O)C2)N1c1cccc(Cl)c1. The molecule has 0 radical (unpaired) electrons. The molecule has 1 aromatic rings. The largest absolute Gasteiger partial charge is 0.369 e. The van der Waals surface area contributed by atoms with Crippen LogP contribution in [0.2, 0.25) is 5.02 Å². The number of rotatable bonds is 1. The fourth-order valence-electron chi connectivity index (χ4n) is 3.11. The first-order valence-corrected chi connectivity index (χ1v) is 8.68. The van der Waals surface area contributed by atoms with Gasteiger partial charge in [-0.1, -0.05) is 17.7 Å². The number of hydrogen-bond donors (Lipinski definition) is 1. The van der Waals surface area contributed by atoms with Gasteiger partial charge in [0.2, 0.25) is 0 Å². The maximum absolute atomic E-state index is 12.0. The summed E-state index contributed by atoms with van der Waals surface area (Å²) in [5.74, 6) is 0.707. The first kappa shape index (κ1) is 13.7. The monoisotopic (exact) mass is 313 g/mol. The van der Waals surface area contributed by atoms with Gasteiger partial charge in [0, 0.05) is 10.7 Å². The standard InChI is InChI=1S/C13H16ClN3O2S/c14-10-3-1-4-11(7-10)17-12(15)16-8-13(17)5-2-6-20(18,19)9-13/h1,3-4,7H,2,5-6,8-9H2,(H2,15,16). The van der Waals surface area contributed by atoms with E-state index >= 15 is 0 Å². The fourth-order valence-corrected chi connectivity index (χ4v) is 5.21. The Morgan fingerprint density at radius 1 is 1.40 bits per heavy atom. The Balaban J connectivity index is 2.04. The summed E-state index contributed by atoms with van der Waals surface area (Å²) in [4.78, 5) is 6.12. The fraction of sp³-hybridized carbons (Fsp3) is 0.462. The summed E-state index contributed by atoms with van der Waals surface area (Å²) in [7, 11) is -3.05. The second-order valence-corrected chi connectivity index (χ2v) is 8.03. The number of halogens is 1. The molecule has 1 atom stereocenters. The number of nitrogens with two attached hydrogens (primary N) is 1. The molecule has 108 valence electrons. The van der Waals surface area contributed by atoms with Gasteiger partial charge in [0.15, 0.2) is 15.8 Å². The van der Waals surface area contributed by atoms with Crippen molar-refractivity contribution >= 4 is 33.1 Å². The highest BCUT2D eigenvalue weighted by molar-refractivity contribution is 7.91. The van der Waals surface area contributed by atoms with Crippen LogP contribution in [0.25, 0.3) is 0 Å². The predicted octanol–water partition coefficient (Wildman–Crippen LogP) is 1.42. The molecule has 1 fully saturated rings. The lowest BCUT2D eigenvalue weighted by molar-refractivity contribution is 0.434. The van der Waals surface area contributed by atoms with Crippen molar-refractivity contribution in [2.75, 3.05) is 23.0 Å². The third-order valence-electron chi connectivity index (χ3n) is 3.89. The maximum Gasteiger partial charge on any atom is 0.196 e. The van der Waals surface area contributed by atoms with Crippen LogP contribution < -0.4 is 10.6 Å². The van der Waals surface area contributed by atoms with Gasteiger partial charge in [-0.15, -0.1) is 0 Å². The van der Waals surface area contributed by atoms with Crippen molar-refractivity contribution in [3.8, 4) is 0 Å². The van der Waals surface area contributed by atoms with Crippen LogP contribution in [0.4, 0.5) is 5.69 Å². The van der Waals surface area contributed by atoms with Crippen molar-refractivity contribution in [3.05, 3.63) is 29.3 Å².